The number of nitrogens with one attached hydrogen (secondary N) is 1. The number of nitrogens with zero attached hydrogens (tertiary/aromatic N) is 2. The van der Waals surface area contributed by atoms with Gasteiger partial charge in [0.15, 0.2) is 5.78 Å². The minimum Gasteiger partial charge on any atom is -0.507 e. The van der Waals surface area contributed by atoms with Crippen molar-refractivity contribution in [3.63, 3.8) is 0 Å². The Morgan fingerprint density at radius 2 is 2.00 bits per heavy atom. The molecule has 0 unspecified atom stereocenters. The maximum atomic E-state index is 13.0. The molecular formula is C23H17N3O5S. The number of carboxylic acid groups (broad SMARTS) is 1. The number of carbonyl (C=O) groups is 3. The highest BCUT2D eigenvalue weighted by Crippen LogP contribution is 2.27. The van der Waals surface area contributed by atoms with E-state index in [2.05, 4.69) is 9.97 Å². The average Bonchev–Trinajstić information content (AvgIpc) is 3.23. The van der Waals surface area contributed by atoms with Gasteiger partial charge in [-0.05, 0) is 42.5 Å². The van der Waals surface area contributed by atoms with Crippen LogP contribution >= 0.6 is 12.2 Å². The number of benzene rings is 1. The van der Waals surface area contributed by atoms with Crippen molar-refractivity contribution < 1.29 is 24.6 Å². The van der Waals surface area contributed by atoms with Crippen LogP contribution in [0.25, 0.3) is 17.3 Å². The number of piperidine rings is 1. The number of H-pyrrole nitrogens is 1. The molecule has 0 atom stereocenters. The number of aromatic nitrogens is 2. The standard InChI is InChI=1S/C23H17N3O5S/c27-19-9-13(4-6-16(19)23(30)31)18-7-5-14(25-18)10-17-20(28)11-21(32)26(22(17)29)12-15-3-1-2-8-24-15/h1-10,25,27H,11-12H2,(H,30,31)/b17-10+. The summed E-state index contributed by atoms with van der Waals surface area (Å²) in [5, 5.41) is 19.0. The lowest BCUT2D eigenvalue weighted by molar-refractivity contribution is -0.128. The van der Waals surface area contributed by atoms with E-state index in [1.165, 1.54) is 23.1 Å². The van der Waals surface area contributed by atoms with Crippen LogP contribution in [0.15, 0.2) is 60.3 Å². The number of aromatic carboxylic acids is 1. The number of aromatic hydroxyl groups is 1. The predicted molar refractivity (Wildman–Crippen MR) is 120 cm³/mol. The molecule has 1 saturated heterocycles. The summed E-state index contributed by atoms with van der Waals surface area (Å²) < 4.78 is 0. The van der Waals surface area contributed by atoms with Gasteiger partial charge in [0.2, 0.25) is 0 Å². The number of thiocarbonyl (C=S) groups is 1. The van der Waals surface area contributed by atoms with Gasteiger partial charge in [-0.1, -0.05) is 24.4 Å². The molecule has 8 nitrogen and oxygen atoms in total. The van der Waals surface area contributed by atoms with Crippen molar-refractivity contribution in [2.24, 2.45) is 0 Å². The minimum atomic E-state index is -1.23. The van der Waals surface area contributed by atoms with E-state index in [1.807, 2.05) is 6.07 Å². The van der Waals surface area contributed by atoms with Crippen LogP contribution in [-0.2, 0) is 16.1 Å². The number of phenols is 1. The van der Waals surface area contributed by atoms with Crippen molar-refractivity contribution in [3.8, 4) is 17.0 Å². The molecule has 4 rings (SSSR count). The molecule has 1 amide bonds. The van der Waals surface area contributed by atoms with Gasteiger partial charge in [-0.15, -0.1) is 0 Å². The summed E-state index contributed by atoms with van der Waals surface area (Å²) in [5.41, 5.74) is 2.10. The van der Waals surface area contributed by atoms with Gasteiger partial charge in [0.25, 0.3) is 5.91 Å². The van der Waals surface area contributed by atoms with Gasteiger partial charge >= 0.3 is 5.97 Å². The Morgan fingerprint density at radius 3 is 2.69 bits per heavy atom. The van der Waals surface area contributed by atoms with Crippen LogP contribution < -0.4 is 0 Å². The third-order valence-corrected chi connectivity index (χ3v) is 5.35. The van der Waals surface area contributed by atoms with Crippen molar-refractivity contribution in [2.45, 2.75) is 13.0 Å². The molecule has 0 aliphatic carbocycles. The van der Waals surface area contributed by atoms with Crippen LogP contribution in [0.1, 0.15) is 28.2 Å². The lowest BCUT2D eigenvalue weighted by atomic mass is 10.0. The van der Waals surface area contributed by atoms with Crippen LogP contribution in [-0.4, -0.2) is 47.7 Å². The Hall–Kier alpha value is -4.11. The predicted octanol–water partition coefficient (Wildman–Crippen LogP) is 3.19. The fraction of sp³-hybridized carbons (Fsp3) is 0.0870. The quantitative estimate of drug-likeness (QED) is 0.312. The fourth-order valence-electron chi connectivity index (χ4n) is 3.36. The van der Waals surface area contributed by atoms with E-state index in [4.69, 9.17) is 17.3 Å². The monoisotopic (exact) mass is 447 g/mol. The zero-order valence-corrected chi connectivity index (χ0v) is 17.4. The molecule has 0 saturated carbocycles. The lowest BCUT2D eigenvalue weighted by Crippen LogP contribution is -2.43. The summed E-state index contributed by atoms with van der Waals surface area (Å²) in [7, 11) is 0. The van der Waals surface area contributed by atoms with Gasteiger partial charge in [0.05, 0.1) is 29.2 Å². The highest BCUT2D eigenvalue weighted by atomic mass is 32.1. The van der Waals surface area contributed by atoms with Crippen LogP contribution in [0.3, 0.4) is 0 Å². The van der Waals surface area contributed by atoms with Gasteiger partial charge in [-0.25, -0.2) is 4.79 Å². The normalized spacial score (nSPS) is 15.4. The van der Waals surface area contributed by atoms with Gasteiger partial charge in [-0.3, -0.25) is 19.5 Å². The highest BCUT2D eigenvalue weighted by molar-refractivity contribution is 7.80. The number of carbonyl (C=O) groups excluding carboxylic acids is 2. The highest BCUT2D eigenvalue weighted by Gasteiger charge is 2.33. The Labute approximate surface area is 187 Å². The molecule has 32 heavy (non-hydrogen) atoms. The van der Waals surface area contributed by atoms with E-state index in [1.54, 1.807) is 36.5 Å². The molecule has 1 aliphatic rings. The Kier molecular flexibility index (Phi) is 5.65. The first-order valence-corrected chi connectivity index (χ1v) is 9.99. The van der Waals surface area contributed by atoms with E-state index in [-0.39, 0.29) is 40.6 Å². The molecule has 3 heterocycles. The molecule has 0 radical (unpaired) electrons. The summed E-state index contributed by atoms with van der Waals surface area (Å²) in [6.45, 7) is 0.175. The zero-order chi connectivity index (χ0) is 22.8. The maximum Gasteiger partial charge on any atom is 0.339 e. The summed E-state index contributed by atoms with van der Waals surface area (Å²) in [6, 6.07) is 12.9. The molecule has 2 aromatic heterocycles. The van der Waals surface area contributed by atoms with E-state index >= 15 is 0 Å². The van der Waals surface area contributed by atoms with Crippen LogP contribution in [0.5, 0.6) is 5.75 Å². The van der Waals surface area contributed by atoms with E-state index in [0.717, 1.165) is 0 Å². The Bertz CT molecular complexity index is 1280. The molecule has 1 aliphatic heterocycles. The molecule has 3 aromatic rings. The number of pyridine rings is 1. The Balaban J connectivity index is 1.60. The third kappa shape index (κ3) is 4.19. The van der Waals surface area contributed by atoms with Gasteiger partial charge in [0, 0.05) is 23.1 Å². The first-order chi connectivity index (χ1) is 15.3. The molecule has 1 aromatic carbocycles. The lowest BCUT2D eigenvalue weighted by Gasteiger charge is -2.28. The fourth-order valence-corrected chi connectivity index (χ4v) is 3.64. The first-order valence-electron chi connectivity index (χ1n) is 9.58. The van der Waals surface area contributed by atoms with Crippen molar-refractivity contribution in [3.05, 3.63) is 77.3 Å². The number of carboxylic acids is 1. The SMILES string of the molecule is O=C1CC(=S)N(Cc2ccccn2)C(=O)/C1=C/c1ccc(-c2ccc(C(=O)O)c(O)c2)[nH]1. The third-order valence-electron chi connectivity index (χ3n) is 4.98. The number of amides is 1. The van der Waals surface area contributed by atoms with Crippen molar-refractivity contribution >= 4 is 40.9 Å². The summed E-state index contributed by atoms with van der Waals surface area (Å²) in [4.78, 5) is 45.5. The smallest absolute Gasteiger partial charge is 0.339 e. The summed E-state index contributed by atoms with van der Waals surface area (Å²) in [6.07, 6.45) is 3.04. The molecule has 0 spiro atoms. The number of hydrogen-bond acceptors (Lipinski definition) is 6. The van der Waals surface area contributed by atoms with Crippen molar-refractivity contribution in [1.29, 1.82) is 0 Å². The largest absolute Gasteiger partial charge is 0.507 e. The second-order valence-electron chi connectivity index (χ2n) is 7.13. The second kappa shape index (κ2) is 8.56. The van der Waals surface area contributed by atoms with E-state index in [0.29, 0.717) is 22.6 Å². The number of aromatic amines is 1. The first kappa shape index (κ1) is 21.1. The second-order valence-corrected chi connectivity index (χ2v) is 7.60. The molecular weight excluding hydrogens is 430 g/mol. The minimum absolute atomic E-state index is 0.00648. The molecule has 3 N–H and O–H groups in total. The number of hydrogen-bond donors (Lipinski definition) is 3. The Morgan fingerprint density at radius 1 is 1.19 bits per heavy atom. The topological polar surface area (TPSA) is 124 Å². The van der Waals surface area contributed by atoms with E-state index < -0.39 is 11.9 Å². The van der Waals surface area contributed by atoms with Crippen molar-refractivity contribution in [2.75, 3.05) is 0 Å². The summed E-state index contributed by atoms with van der Waals surface area (Å²) >= 11 is 5.26. The average molecular weight is 447 g/mol. The number of likely N-dealkylation sites (tertiary alicyclic amines) is 1. The van der Waals surface area contributed by atoms with Crippen LogP contribution in [0, 0.1) is 0 Å². The molecule has 9 heteroatoms. The maximum absolute atomic E-state index is 13.0. The van der Waals surface area contributed by atoms with Gasteiger partial charge < -0.3 is 15.2 Å². The van der Waals surface area contributed by atoms with Gasteiger partial charge in [-0.2, -0.15) is 0 Å². The molecule has 1 fully saturated rings. The van der Waals surface area contributed by atoms with E-state index in [9.17, 15) is 19.5 Å². The number of rotatable bonds is 5. The van der Waals surface area contributed by atoms with Crippen LogP contribution in [0.2, 0.25) is 0 Å². The summed E-state index contributed by atoms with van der Waals surface area (Å²) in [5.74, 6) is -2.44. The van der Waals surface area contributed by atoms with Crippen LogP contribution in [0.4, 0.5) is 0 Å². The zero-order valence-electron chi connectivity index (χ0n) is 16.6. The molecule has 0 bridgehead atoms. The number of Topliss-reactive ketones (excluding diaryl/α,β-unsaturated/α-hetero) is 1. The molecule has 160 valence electrons. The van der Waals surface area contributed by atoms with Gasteiger partial charge in [0.1, 0.15) is 11.3 Å². The number of ketones is 1. The van der Waals surface area contributed by atoms with Crippen molar-refractivity contribution in [1.82, 2.24) is 14.9 Å².